The Kier molecular flexibility index (Phi) is 10.4. The summed E-state index contributed by atoms with van der Waals surface area (Å²) < 4.78 is 41.2. The van der Waals surface area contributed by atoms with E-state index in [2.05, 4.69) is 53.3 Å². The summed E-state index contributed by atoms with van der Waals surface area (Å²) in [6, 6.07) is 31.4. The quantitative estimate of drug-likeness (QED) is 0.0984. The van der Waals surface area contributed by atoms with Gasteiger partial charge in [0, 0.05) is 18.4 Å². The molecule has 0 aromatic heterocycles. The zero-order valence-corrected chi connectivity index (χ0v) is 25.3. The zero-order chi connectivity index (χ0) is 30.1. The topological polar surface area (TPSA) is 81.7 Å². The smallest absolute Gasteiger partial charge is 0.305 e. The first-order valence-electron chi connectivity index (χ1n) is 14.9. The van der Waals surface area contributed by atoms with E-state index in [1.165, 1.54) is 12.7 Å². The average Bonchev–Trinajstić information content (AvgIpc) is 3.41. The van der Waals surface area contributed by atoms with Gasteiger partial charge in [0.05, 0.1) is 24.7 Å². The van der Waals surface area contributed by atoms with Crippen molar-refractivity contribution in [2.24, 2.45) is 5.92 Å². The van der Waals surface area contributed by atoms with E-state index < -0.39 is 10.0 Å². The molecule has 0 heterocycles. The van der Waals surface area contributed by atoms with Gasteiger partial charge in [-0.1, -0.05) is 97.1 Å². The molecule has 0 spiro atoms. The van der Waals surface area contributed by atoms with Crippen molar-refractivity contribution in [1.29, 1.82) is 0 Å². The number of esters is 1. The molecule has 0 aliphatic heterocycles. The maximum atomic E-state index is 13.5. The Morgan fingerprint density at radius 3 is 2.35 bits per heavy atom. The molecule has 3 atom stereocenters. The van der Waals surface area contributed by atoms with Gasteiger partial charge < -0.3 is 9.47 Å². The number of unbranched alkanes of at least 4 members (excludes halogenated alkanes) is 1. The molecule has 1 N–H and O–H groups in total. The highest BCUT2D eigenvalue weighted by atomic mass is 32.2. The zero-order valence-electron chi connectivity index (χ0n) is 24.5. The van der Waals surface area contributed by atoms with E-state index in [0.717, 1.165) is 34.7 Å². The Labute approximate surface area is 254 Å². The number of allylic oxidation sites excluding steroid dienone is 2. The molecule has 1 saturated carbocycles. The number of hydrogen-bond donors (Lipinski definition) is 1. The van der Waals surface area contributed by atoms with Crippen LogP contribution in [0.5, 0.6) is 0 Å². The van der Waals surface area contributed by atoms with Gasteiger partial charge in [0.2, 0.25) is 10.0 Å². The van der Waals surface area contributed by atoms with Gasteiger partial charge in [-0.2, -0.15) is 0 Å². The van der Waals surface area contributed by atoms with Crippen molar-refractivity contribution in [3.8, 4) is 11.1 Å². The lowest BCUT2D eigenvalue weighted by Crippen LogP contribution is -2.39. The van der Waals surface area contributed by atoms with Crippen LogP contribution in [0, 0.1) is 5.92 Å². The van der Waals surface area contributed by atoms with Crippen LogP contribution in [-0.2, 0) is 30.9 Å². The number of fused-ring (bicyclic) bond motifs is 1. The van der Waals surface area contributed by atoms with Gasteiger partial charge in [0.15, 0.2) is 0 Å². The summed E-state index contributed by atoms with van der Waals surface area (Å²) in [7, 11) is -2.32. The first kappa shape index (κ1) is 30.7. The Hall–Kier alpha value is -3.78. The SMILES string of the molecule is COC(=O)CCC/C=C\C[C@@H]1[C@@H](NS(=O)(=O)c2ccc3ccccc3c2)CC[C@@H]1OCc1ccc(-c2ccccc2)cc1. The maximum absolute atomic E-state index is 13.5. The molecule has 0 radical (unpaired) electrons. The monoisotopic (exact) mass is 597 g/mol. The molecule has 4 aromatic rings. The van der Waals surface area contributed by atoms with Gasteiger partial charge in [0.1, 0.15) is 0 Å². The van der Waals surface area contributed by atoms with Gasteiger partial charge >= 0.3 is 5.97 Å². The van der Waals surface area contributed by atoms with E-state index in [1.54, 1.807) is 12.1 Å². The minimum atomic E-state index is -3.72. The summed E-state index contributed by atoms with van der Waals surface area (Å²) in [6.07, 6.45) is 8.08. The van der Waals surface area contributed by atoms with Crippen LogP contribution in [-0.4, -0.2) is 33.6 Å². The van der Waals surface area contributed by atoms with E-state index in [-0.39, 0.29) is 28.9 Å². The molecule has 0 bridgehead atoms. The average molecular weight is 598 g/mol. The number of rotatable bonds is 13. The summed E-state index contributed by atoms with van der Waals surface area (Å²) in [4.78, 5) is 11.7. The molecule has 1 fully saturated rings. The van der Waals surface area contributed by atoms with E-state index in [0.29, 0.717) is 32.3 Å². The van der Waals surface area contributed by atoms with Gasteiger partial charge in [-0.15, -0.1) is 0 Å². The normalized spacial score (nSPS) is 18.8. The summed E-state index contributed by atoms with van der Waals surface area (Å²) in [5.41, 5.74) is 3.41. The number of hydrogen-bond acceptors (Lipinski definition) is 5. The highest BCUT2D eigenvalue weighted by molar-refractivity contribution is 7.89. The highest BCUT2D eigenvalue weighted by Gasteiger charge is 2.38. The van der Waals surface area contributed by atoms with Crippen LogP contribution in [0.4, 0.5) is 0 Å². The van der Waals surface area contributed by atoms with Crippen molar-refractivity contribution in [3.05, 3.63) is 115 Å². The van der Waals surface area contributed by atoms with Gasteiger partial charge in [0.25, 0.3) is 0 Å². The second-order valence-corrected chi connectivity index (χ2v) is 12.8. The summed E-state index contributed by atoms with van der Waals surface area (Å²) in [6.45, 7) is 0.462. The molecule has 43 heavy (non-hydrogen) atoms. The minimum Gasteiger partial charge on any atom is -0.469 e. The van der Waals surface area contributed by atoms with E-state index in [9.17, 15) is 13.2 Å². The second-order valence-electron chi connectivity index (χ2n) is 11.1. The number of carbonyl (C=O) groups excluding carboxylic acids is 1. The number of ether oxygens (including phenoxy) is 2. The Morgan fingerprint density at radius 2 is 1.58 bits per heavy atom. The van der Waals surface area contributed by atoms with Crippen molar-refractivity contribution >= 4 is 26.8 Å². The van der Waals surface area contributed by atoms with E-state index in [4.69, 9.17) is 9.47 Å². The van der Waals surface area contributed by atoms with E-state index in [1.807, 2.05) is 48.5 Å². The lowest BCUT2D eigenvalue weighted by molar-refractivity contribution is -0.140. The molecule has 4 aromatic carbocycles. The van der Waals surface area contributed by atoms with Crippen LogP contribution in [0.3, 0.4) is 0 Å². The lowest BCUT2D eigenvalue weighted by Gasteiger charge is -2.25. The van der Waals surface area contributed by atoms with Crippen molar-refractivity contribution in [2.45, 2.75) is 62.2 Å². The molecule has 7 heteroatoms. The molecule has 6 nitrogen and oxygen atoms in total. The molecular weight excluding hydrogens is 558 g/mol. The Bertz CT molecular complexity index is 1630. The molecule has 0 unspecified atom stereocenters. The Morgan fingerprint density at radius 1 is 0.860 bits per heavy atom. The second kappa shape index (κ2) is 14.6. The fourth-order valence-electron chi connectivity index (χ4n) is 5.77. The third-order valence-electron chi connectivity index (χ3n) is 8.17. The first-order chi connectivity index (χ1) is 20.9. The molecule has 5 rings (SSSR count). The fourth-order valence-corrected chi connectivity index (χ4v) is 7.12. The third-order valence-corrected chi connectivity index (χ3v) is 9.66. The largest absolute Gasteiger partial charge is 0.469 e. The van der Waals surface area contributed by atoms with Crippen molar-refractivity contribution < 1.29 is 22.7 Å². The molecule has 224 valence electrons. The van der Waals surface area contributed by atoms with Crippen LogP contribution >= 0.6 is 0 Å². The fraction of sp³-hybridized carbons (Fsp3) is 0.306. The van der Waals surface area contributed by atoms with Gasteiger partial charge in [-0.3, -0.25) is 4.79 Å². The van der Waals surface area contributed by atoms with Crippen LogP contribution in [0.1, 0.15) is 44.1 Å². The predicted octanol–water partition coefficient (Wildman–Crippen LogP) is 7.44. The lowest BCUT2D eigenvalue weighted by atomic mass is 9.97. The van der Waals surface area contributed by atoms with Gasteiger partial charge in [-0.05, 0) is 71.7 Å². The summed E-state index contributed by atoms with van der Waals surface area (Å²) >= 11 is 0. The van der Waals surface area contributed by atoms with Crippen molar-refractivity contribution in [2.75, 3.05) is 7.11 Å². The molecular formula is C36H39NO5S. The number of carbonyl (C=O) groups is 1. The third kappa shape index (κ3) is 8.20. The van der Waals surface area contributed by atoms with E-state index >= 15 is 0 Å². The minimum absolute atomic E-state index is 0.0179. The van der Waals surface area contributed by atoms with Crippen LogP contribution in [0.15, 0.2) is 114 Å². The predicted molar refractivity (Wildman–Crippen MR) is 171 cm³/mol. The molecule has 0 amide bonds. The van der Waals surface area contributed by atoms with Crippen LogP contribution in [0.2, 0.25) is 0 Å². The first-order valence-corrected chi connectivity index (χ1v) is 16.4. The van der Waals surface area contributed by atoms with Crippen LogP contribution < -0.4 is 4.72 Å². The van der Waals surface area contributed by atoms with Crippen molar-refractivity contribution in [1.82, 2.24) is 4.72 Å². The van der Waals surface area contributed by atoms with Gasteiger partial charge in [-0.25, -0.2) is 13.1 Å². The summed E-state index contributed by atoms with van der Waals surface area (Å²) in [5, 5.41) is 1.89. The Balaban J connectivity index is 1.26. The summed E-state index contributed by atoms with van der Waals surface area (Å²) in [5.74, 6) is -0.228. The number of sulfonamides is 1. The molecule has 1 aliphatic rings. The maximum Gasteiger partial charge on any atom is 0.305 e. The highest BCUT2D eigenvalue weighted by Crippen LogP contribution is 2.34. The standard InChI is InChI=1S/C36H39NO5S/c1-41-36(38)16-8-3-2-7-15-33-34(37-43(39,40)32-22-21-29-13-9-10-14-31(29)25-32)23-24-35(33)42-26-27-17-19-30(20-18-27)28-11-5-4-6-12-28/h2,4-7,9-14,17-22,25,33-35,37H,3,8,15-16,23-24,26H2,1H3/b7-2-/t33-,34+,35+/m1/s1. The number of methoxy groups -OCH3 is 1. The number of nitrogens with one attached hydrogen (secondary N) is 1. The molecule has 0 saturated heterocycles. The van der Waals surface area contributed by atoms with Crippen molar-refractivity contribution in [3.63, 3.8) is 0 Å². The molecule has 1 aliphatic carbocycles. The van der Waals surface area contributed by atoms with Crippen LogP contribution in [0.25, 0.3) is 21.9 Å². The number of benzene rings is 4.